The van der Waals surface area contributed by atoms with Crippen LogP contribution in [0.15, 0.2) is 48.5 Å². The molecule has 0 aliphatic heterocycles. The van der Waals surface area contributed by atoms with Crippen molar-refractivity contribution in [3.8, 4) is 28.7 Å². The lowest BCUT2D eigenvalue weighted by molar-refractivity contribution is -0.137. The van der Waals surface area contributed by atoms with Crippen LogP contribution in [0.4, 0.5) is 0 Å². The Hall–Kier alpha value is -4.82. The van der Waals surface area contributed by atoms with Gasteiger partial charge in [0.05, 0.1) is 19.4 Å². The van der Waals surface area contributed by atoms with Crippen LogP contribution >= 0.6 is 0 Å². The number of hydrogen-bond donors (Lipinski definition) is 3. The second-order valence-electron chi connectivity index (χ2n) is 14.5. The molecule has 4 aromatic rings. The van der Waals surface area contributed by atoms with Gasteiger partial charge in [-0.15, -0.1) is 0 Å². The first-order valence-electron chi connectivity index (χ1n) is 22.2. The van der Waals surface area contributed by atoms with Gasteiger partial charge < -0.3 is 29.5 Å². The van der Waals surface area contributed by atoms with Crippen LogP contribution in [0.5, 0.6) is 28.7 Å². The monoisotopic (exact) mass is 849 g/mol. The number of rotatable bonds is 12. The number of carboxylic acid groups (broad SMARTS) is 2. The fourth-order valence-corrected chi connectivity index (χ4v) is 6.53. The molecular formula is C53H84O8. The third-order valence-corrected chi connectivity index (χ3v) is 8.53. The third kappa shape index (κ3) is 20.5. The topological polar surface area (TPSA) is 123 Å². The Labute approximate surface area is 371 Å². The Morgan fingerprint density at radius 2 is 0.754 bits per heavy atom. The second kappa shape index (κ2) is 31.1. The van der Waals surface area contributed by atoms with Crippen molar-refractivity contribution in [1.29, 1.82) is 0 Å². The van der Waals surface area contributed by atoms with Crippen molar-refractivity contribution >= 4 is 11.9 Å². The molecule has 8 nitrogen and oxygen atoms in total. The normalized spacial score (nSPS) is 9.84. The molecule has 0 aliphatic carbocycles. The molecule has 0 amide bonds. The molecule has 0 aromatic heterocycles. The largest absolute Gasteiger partial charge is 0.485 e. The van der Waals surface area contributed by atoms with E-state index in [4.69, 9.17) is 24.4 Å². The van der Waals surface area contributed by atoms with Gasteiger partial charge in [0.15, 0.2) is 0 Å². The highest BCUT2D eigenvalue weighted by Crippen LogP contribution is 2.36. The molecular weight excluding hydrogens is 765 g/mol. The summed E-state index contributed by atoms with van der Waals surface area (Å²) in [7, 11) is 0. The fourth-order valence-electron chi connectivity index (χ4n) is 6.53. The first-order chi connectivity index (χ1) is 28.7. The highest BCUT2D eigenvalue weighted by atomic mass is 16.5. The molecule has 0 aliphatic rings. The van der Waals surface area contributed by atoms with E-state index >= 15 is 0 Å². The predicted octanol–water partition coefficient (Wildman–Crippen LogP) is 15.1. The lowest BCUT2D eigenvalue weighted by Gasteiger charge is -2.26. The number of aliphatic hydroxyl groups is 1. The third-order valence-electron chi connectivity index (χ3n) is 8.53. The van der Waals surface area contributed by atoms with Crippen LogP contribution in [-0.4, -0.2) is 39.5 Å². The lowest BCUT2D eigenvalue weighted by Crippen LogP contribution is -2.33. The smallest absolute Gasteiger partial charge is 0.307 e. The minimum absolute atomic E-state index is 0.00709. The Morgan fingerprint density at radius 1 is 0.492 bits per heavy atom. The number of benzene rings is 4. The van der Waals surface area contributed by atoms with E-state index < -0.39 is 17.5 Å². The number of carbonyl (C=O) groups is 2. The molecule has 0 unspecified atom stereocenters. The molecule has 8 heteroatoms. The number of aryl methyl sites for hydroxylation is 8. The van der Waals surface area contributed by atoms with Crippen LogP contribution in [0.3, 0.4) is 0 Å². The van der Waals surface area contributed by atoms with Gasteiger partial charge in [-0.2, -0.15) is 0 Å². The molecule has 0 saturated heterocycles. The Balaban J connectivity index is -0.000000919. The van der Waals surface area contributed by atoms with Crippen molar-refractivity contribution in [2.75, 3.05) is 6.61 Å². The second-order valence-corrected chi connectivity index (χ2v) is 14.5. The van der Waals surface area contributed by atoms with Gasteiger partial charge in [0, 0.05) is 0 Å². The number of carboxylic acids is 2. The fraction of sp³-hybridized carbons (Fsp3) is 0.509. The molecule has 0 saturated carbocycles. The van der Waals surface area contributed by atoms with E-state index in [1.54, 1.807) is 0 Å². The summed E-state index contributed by atoms with van der Waals surface area (Å²) >= 11 is 0. The average molecular weight is 849 g/mol. The van der Waals surface area contributed by atoms with Crippen molar-refractivity contribution in [3.05, 3.63) is 110 Å². The van der Waals surface area contributed by atoms with Gasteiger partial charge in [0.25, 0.3) is 0 Å². The van der Waals surface area contributed by atoms with Crippen molar-refractivity contribution < 1.29 is 39.1 Å². The van der Waals surface area contributed by atoms with Crippen LogP contribution in [0.1, 0.15) is 164 Å². The van der Waals surface area contributed by atoms with E-state index in [1.165, 1.54) is 16.7 Å². The van der Waals surface area contributed by atoms with Crippen LogP contribution < -0.4 is 14.2 Å². The molecule has 344 valence electrons. The Bertz CT molecular complexity index is 1810. The first kappa shape index (κ1) is 60.5. The van der Waals surface area contributed by atoms with E-state index in [1.807, 2.05) is 161 Å². The minimum Gasteiger partial charge on any atom is -0.485 e. The van der Waals surface area contributed by atoms with E-state index in [2.05, 4.69) is 39.8 Å². The molecule has 0 atom stereocenters. The summed E-state index contributed by atoms with van der Waals surface area (Å²) in [5, 5.41) is 27.4. The summed E-state index contributed by atoms with van der Waals surface area (Å²) in [4.78, 5) is 21.8. The summed E-state index contributed by atoms with van der Waals surface area (Å²) in [6, 6.07) is 15.4. The quantitative estimate of drug-likeness (QED) is 0.129. The molecule has 0 heterocycles. The number of aliphatic carboxylic acids is 2. The highest BCUT2D eigenvalue weighted by Gasteiger charge is 2.21. The average Bonchev–Trinajstić information content (AvgIpc) is 3.19. The Morgan fingerprint density at radius 3 is 1.00 bits per heavy atom. The van der Waals surface area contributed by atoms with Crippen molar-refractivity contribution in [1.82, 2.24) is 0 Å². The van der Waals surface area contributed by atoms with Crippen LogP contribution in [0.2, 0.25) is 0 Å². The van der Waals surface area contributed by atoms with Crippen molar-refractivity contribution in [2.45, 2.75) is 177 Å². The zero-order valence-corrected chi connectivity index (χ0v) is 42.2. The summed E-state index contributed by atoms with van der Waals surface area (Å²) in [5.74, 6) is 2.60. The first-order valence-corrected chi connectivity index (χ1v) is 22.2. The lowest BCUT2D eigenvalue weighted by atomic mass is 9.93. The highest BCUT2D eigenvalue weighted by molar-refractivity contribution is 5.71. The van der Waals surface area contributed by atoms with Gasteiger partial charge in [0.1, 0.15) is 34.3 Å². The van der Waals surface area contributed by atoms with Gasteiger partial charge in [0.2, 0.25) is 0 Å². The Kier molecular flexibility index (Phi) is 30.8. The van der Waals surface area contributed by atoms with E-state index in [9.17, 15) is 14.7 Å². The molecule has 3 N–H and O–H groups in total. The number of aliphatic hydroxyl groups excluding tert-OH is 1. The number of ether oxygens (including phenoxy) is 3. The zero-order chi connectivity index (χ0) is 48.4. The maximum absolute atomic E-state index is 10.9. The van der Waals surface area contributed by atoms with Crippen LogP contribution in [-0.2, 0) is 22.4 Å². The summed E-state index contributed by atoms with van der Waals surface area (Å²) in [6.45, 7) is 43.8. The zero-order valence-electron chi connectivity index (χ0n) is 42.2. The number of hydrogen-bond acceptors (Lipinski definition) is 6. The maximum Gasteiger partial charge on any atom is 0.307 e. The van der Waals surface area contributed by atoms with E-state index in [-0.39, 0.29) is 19.4 Å². The van der Waals surface area contributed by atoms with Crippen molar-refractivity contribution in [2.24, 2.45) is 0 Å². The maximum atomic E-state index is 10.9. The van der Waals surface area contributed by atoms with Gasteiger partial charge in [-0.05, 0) is 161 Å². The molecule has 0 spiro atoms. The molecule has 61 heavy (non-hydrogen) atoms. The summed E-state index contributed by atoms with van der Waals surface area (Å²) in [6.07, 6.45) is 0.0239. The van der Waals surface area contributed by atoms with Crippen LogP contribution in [0.25, 0.3) is 0 Å². The van der Waals surface area contributed by atoms with Gasteiger partial charge in [-0.1, -0.05) is 107 Å². The predicted molar refractivity (Wildman–Crippen MR) is 259 cm³/mol. The van der Waals surface area contributed by atoms with Gasteiger partial charge in [-0.3, -0.25) is 9.59 Å². The van der Waals surface area contributed by atoms with Crippen LogP contribution in [0, 0.1) is 55.4 Å². The van der Waals surface area contributed by atoms with Crippen molar-refractivity contribution in [3.63, 3.8) is 0 Å². The SMILES string of the molecule is CC.CC.CC.CC.CC.Cc1cc(CC(=O)O)cc(C)c1Oc1cc(C)c(C(C)C)c(C)c1.Cc1cc(CC(=O)O)cc(C)c1Oc1cc(C)c(OC(C)(C)CO)c(C)c1. The van der Waals surface area contributed by atoms with Gasteiger partial charge >= 0.3 is 11.9 Å². The molecule has 4 aromatic carbocycles. The standard InChI is InChI=1S/C22H28O5.C21H26O3.5C2H6/c1-13-7-17(11-19(24)25)8-14(2)20(13)26-18-9-15(3)21(16(4)10-18)27-22(5,6)12-23;1-12(2)20-13(3)9-18(10-14(20)4)24-21-15(5)7-17(8-16(21)6)11-19(22)23;5*1-2/h7-10,23H,11-12H2,1-6H3,(H,24,25);7-10,12H,11H2,1-6H3,(H,22,23);5*1-2H3. The molecule has 0 radical (unpaired) electrons. The summed E-state index contributed by atoms with van der Waals surface area (Å²) < 4.78 is 18.2. The molecule has 0 bridgehead atoms. The van der Waals surface area contributed by atoms with E-state index in [0.717, 1.165) is 67.5 Å². The molecule has 4 rings (SSSR count). The van der Waals surface area contributed by atoms with Gasteiger partial charge in [-0.25, -0.2) is 0 Å². The van der Waals surface area contributed by atoms with E-state index in [0.29, 0.717) is 11.7 Å². The minimum atomic E-state index is -0.852. The summed E-state index contributed by atoms with van der Waals surface area (Å²) in [5.41, 5.74) is 10.3. The molecule has 0 fully saturated rings.